The summed E-state index contributed by atoms with van der Waals surface area (Å²) in [5, 5.41) is 0.651. The first kappa shape index (κ1) is 10.2. The van der Waals surface area contributed by atoms with Crippen LogP contribution in [0.3, 0.4) is 0 Å². The lowest BCUT2D eigenvalue weighted by Gasteiger charge is -2.04. The van der Waals surface area contributed by atoms with E-state index in [0.29, 0.717) is 11.0 Å². The van der Waals surface area contributed by atoms with E-state index in [2.05, 4.69) is 31.0 Å². The Kier molecular flexibility index (Phi) is 2.73. The van der Waals surface area contributed by atoms with Gasteiger partial charge in [0.15, 0.2) is 5.13 Å². The molecule has 0 spiro atoms. The molecule has 0 atom stereocenters. The molecule has 0 amide bonds. The van der Waals surface area contributed by atoms with Crippen LogP contribution < -0.4 is 5.73 Å². The zero-order valence-electron chi connectivity index (χ0n) is 8.90. The topological polar surface area (TPSA) is 38.9 Å². The quantitative estimate of drug-likeness (QED) is 0.837. The van der Waals surface area contributed by atoms with Crippen molar-refractivity contribution in [3.8, 4) is 10.4 Å². The van der Waals surface area contributed by atoms with Gasteiger partial charge in [-0.05, 0) is 11.5 Å². The highest BCUT2D eigenvalue weighted by atomic mass is 32.1. The van der Waals surface area contributed by atoms with Gasteiger partial charge in [-0.15, -0.1) is 0 Å². The predicted octanol–water partition coefficient (Wildman–Crippen LogP) is 3.52. The van der Waals surface area contributed by atoms with Gasteiger partial charge in [-0.2, -0.15) is 0 Å². The lowest BCUT2D eigenvalue weighted by atomic mass is 10.1. The highest BCUT2D eigenvalue weighted by Gasteiger charge is 2.13. The minimum atomic E-state index is 0.411. The molecule has 2 nitrogen and oxygen atoms in total. The summed E-state index contributed by atoms with van der Waals surface area (Å²) in [6, 6.07) is 10.3. The van der Waals surface area contributed by atoms with Gasteiger partial charge < -0.3 is 5.73 Å². The summed E-state index contributed by atoms with van der Waals surface area (Å²) in [5.74, 6) is 0.411. The van der Waals surface area contributed by atoms with Gasteiger partial charge in [0.25, 0.3) is 0 Å². The Morgan fingerprint density at radius 3 is 2.47 bits per heavy atom. The van der Waals surface area contributed by atoms with Crippen LogP contribution in [0.15, 0.2) is 30.3 Å². The Morgan fingerprint density at radius 2 is 1.87 bits per heavy atom. The van der Waals surface area contributed by atoms with E-state index in [-0.39, 0.29) is 0 Å². The SMILES string of the molecule is CC(C)c1nc(N)sc1-c1ccccc1. The maximum absolute atomic E-state index is 5.76. The van der Waals surface area contributed by atoms with Crippen LogP contribution in [0.1, 0.15) is 25.5 Å². The van der Waals surface area contributed by atoms with Crippen molar-refractivity contribution in [2.24, 2.45) is 0 Å². The normalized spacial score (nSPS) is 10.9. The van der Waals surface area contributed by atoms with E-state index in [1.54, 1.807) is 11.3 Å². The summed E-state index contributed by atoms with van der Waals surface area (Å²) in [6.07, 6.45) is 0. The Balaban J connectivity index is 2.53. The number of aromatic nitrogens is 1. The molecular weight excluding hydrogens is 204 g/mol. The van der Waals surface area contributed by atoms with Crippen molar-refractivity contribution >= 4 is 16.5 Å². The molecule has 0 fully saturated rings. The number of benzene rings is 1. The Hall–Kier alpha value is -1.35. The Bertz CT molecular complexity index is 446. The second-order valence-corrected chi connectivity index (χ2v) is 4.82. The first-order valence-corrected chi connectivity index (χ1v) is 5.81. The second kappa shape index (κ2) is 4.03. The monoisotopic (exact) mass is 218 g/mol. The average molecular weight is 218 g/mol. The van der Waals surface area contributed by atoms with Crippen molar-refractivity contribution in [3.63, 3.8) is 0 Å². The van der Waals surface area contributed by atoms with E-state index < -0.39 is 0 Å². The zero-order chi connectivity index (χ0) is 10.8. The maximum atomic E-state index is 5.76. The maximum Gasteiger partial charge on any atom is 0.180 e. The van der Waals surface area contributed by atoms with Gasteiger partial charge in [-0.25, -0.2) is 4.98 Å². The van der Waals surface area contributed by atoms with Gasteiger partial charge in [0.2, 0.25) is 0 Å². The first-order chi connectivity index (χ1) is 7.18. The number of rotatable bonds is 2. The van der Waals surface area contributed by atoms with E-state index in [1.807, 2.05) is 18.2 Å². The average Bonchev–Trinajstić information content (AvgIpc) is 2.62. The van der Waals surface area contributed by atoms with Gasteiger partial charge in [-0.3, -0.25) is 0 Å². The van der Waals surface area contributed by atoms with Crippen LogP contribution in [0.5, 0.6) is 0 Å². The number of nitrogen functional groups attached to an aromatic ring is 1. The van der Waals surface area contributed by atoms with Crippen molar-refractivity contribution in [2.45, 2.75) is 19.8 Å². The number of nitrogens with two attached hydrogens (primary N) is 1. The molecule has 0 bridgehead atoms. The van der Waals surface area contributed by atoms with Gasteiger partial charge in [0.1, 0.15) is 0 Å². The lowest BCUT2D eigenvalue weighted by Crippen LogP contribution is -1.91. The molecule has 0 aliphatic heterocycles. The zero-order valence-corrected chi connectivity index (χ0v) is 9.71. The number of hydrogen-bond acceptors (Lipinski definition) is 3. The van der Waals surface area contributed by atoms with Crippen LogP contribution in [0, 0.1) is 0 Å². The minimum absolute atomic E-state index is 0.411. The van der Waals surface area contributed by atoms with Gasteiger partial charge in [0, 0.05) is 0 Å². The highest BCUT2D eigenvalue weighted by Crippen LogP contribution is 2.35. The standard InChI is InChI=1S/C12H14N2S/c1-8(2)10-11(15-12(13)14-10)9-6-4-3-5-7-9/h3-8H,1-2H3,(H2,13,14). The van der Waals surface area contributed by atoms with E-state index >= 15 is 0 Å². The van der Waals surface area contributed by atoms with Crippen LogP contribution in [0.4, 0.5) is 5.13 Å². The predicted molar refractivity (Wildman–Crippen MR) is 66.1 cm³/mol. The van der Waals surface area contributed by atoms with Gasteiger partial charge in [-0.1, -0.05) is 55.5 Å². The molecule has 1 heterocycles. The van der Waals surface area contributed by atoms with Gasteiger partial charge >= 0.3 is 0 Å². The van der Waals surface area contributed by atoms with Crippen molar-refractivity contribution in [1.82, 2.24) is 4.98 Å². The van der Waals surface area contributed by atoms with Crippen molar-refractivity contribution in [1.29, 1.82) is 0 Å². The fourth-order valence-electron chi connectivity index (χ4n) is 1.54. The number of anilines is 1. The minimum Gasteiger partial charge on any atom is -0.375 e. The summed E-state index contributed by atoms with van der Waals surface area (Å²) >= 11 is 1.56. The summed E-state index contributed by atoms with van der Waals surface area (Å²) in [6.45, 7) is 4.28. The Morgan fingerprint density at radius 1 is 1.20 bits per heavy atom. The summed E-state index contributed by atoms with van der Waals surface area (Å²) in [7, 11) is 0. The highest BCUT2D eigenvalue weighted by molar-refractivity contribution is 7.18. The third kappa shape index (κ3) is 2.02. The van der Waals surface area contributed by atoms with Crippen LogP contribution in [-0.2, 0) is 0 Å². The van der Waals surface area contributed by atoms with Crippen molar-refractivity contribution in [3.05, 3.63) is 36.0 Å². The molecular formula is C12H14N2S. The third-order valence-electron chi connectivity index (χ3n) is 2.25. The van der Waals surface area contributed by atoms with Crippen LogP contribution in [0.2, 0.25) is 0 Å². The second-order valence-electron chi connectivity index (χ2n) is 3.79. The largest absolute Gasteiger partial charge is 0.375 e. The number of thiazole rings is 1. The number of hydrogen-bond donors (Lipinski definition) is 1. The van der Waals surface area contributed by atoms with E-state index in [1.165, 1.54) is 10.4 Å². The molecule has 0 unspecified atom stereocenters. The smallest absolute Gasteiger partial charge is 0.180 e. The summed E-state index contributed by atoms with van der Waals surface area (Å²) in [4.78, 5) is 5.58. The molecule has 1 aromatic carbocycles. The van der Waals surface area contributed by atoms with E-state index in [0.717, 1.165) is 5.69 Å². The van der Waals surface area contributed by atoms with Crippen LogP contribution in [0.25, 0.3) is 10.4 Å². The molecule has 0 radical (unpaired) electrons. The molecule has 3 heteroatoms. The molecule has 0 saturated heterocycles. The molecule has 78 valence electrons. The van der Waals surface area contributed by atoms with E-state index in [4.69, 9.17) is 5.73 Å². The van der Waals surface area contributed by atoms with Crippen molar-refractivity contribution in [2.75, 3.05) is 5.73 Å². The Labute approximate surface area is 93.8 Å². The molecule has 0 aliphatic carbocycles. The summed E-state index contributed by atoms with van der Waals surface area (Å²) < 4.78 is 0. The molecule has 0 saturated carbocycles. The fourth-order valence-corrected chi connectivity index (χ4v) is 2.53. The molecule has 0 aliphatic rings. The van der Waals surface area contributed by atoms with E-state index in [9.17, 15) is 0 Å². The summed E-state index contributed by atoms with van der Waals surface area (Å²) in [5.41, 5.74) is 8.07. The number of nitrogens with zero attached hydrogens (tertiary/aromatic N) is 1. The molecule has 2 aromatic rings. The van der Waals surface area contributed by atoms with Gasteiger partial charge in [0.05, 0.1) is 10.6 Å². The van der Waals surface area contributed by atoms with Crippen molar-refractivity contribution < 1.29 is 0 Å². The first-order valence-electron chi connectivity index (χ1n) is 5.00. The third-order valence-corrected chi connectivity index (χ3v) is 3.20. The van der Waals surface area contributed by atoms with Crippen LogP contribution >= 0.6 is 11.3 Å². The fraction of sp³-hybridized carbons (Fsp3) is 0.250. The van der Waals surface area contributed by atoms with Crippen LogP contribution in [-0.4, -0.2) is 4.98 Å². The molecule has 2 N–H and O–H groups in total. The molecule has 15 heavy (non-hydrogen) atoms. The lowest BCUT2D eigenvalue weighted by molar-refractivity contribution is 0.836. The molecule has 1 aromatic heterocycles. The molecule has 2 rings (SSSR count).